The smallest absolute Gasteiger partial charge is 0.325 e. The highest BCUT2D eigenvalue weighted by atomic mass is 19.1. The van der Waals surface area contributed by atoms with Crippen molar-refractivity contribution >= 4 is 17.7 Å². The van der Waals surface area contributed by atoms with Crippen LogP contribution < -0.4 is 4.90 Å². The van der Waals surface area contributed by atoms with Crippen molar-refractivity contribution in [1.29, 1.82) is 0 Å². The fraction of sp³-hybridized carbons (Fsp3) is 0.467. The zero-order chi connectivity index (χ0) is 15.4. The Morgan fingerprint density at radius 2 is 1.90 bits per heavy atom. The lowest BCUT2D eigenvalue weighted by atomic mass is 10.2. The number of para-hydroxylation sites is 1. The minimum Gasteiger partial charge on any atom is -0.480 e. The molecule has 2 rings (SSSR count). The van der Waals surface area contributed by atoms with E-state index in [0.29, 0.717) is 0 Å². The fourth-order valence-corrected chi connectivity index (χ4v) is 2.73. The van der Waals surface area contributed by atoms with Crippen molar-refractivity contribution in [2.75, 3.05) is 18.5 Å². The lowest BCUT2D eigenvalue weighted by Gasteiger charge is -2.31. The quantitative estimate of drug-likeness (QED) is 0.928. The summed E-state index contributed by atoms with van der Waals surface area (Å²) in [6.07, 6.45) is 3.56. The van der Waals surface area contributed by atoms with Crippen LogP contribution in [0.4, 0.5) is 14.9 Å². The minimum absolute atomic E-state index is 0.0807. The number of nitrogens with zero attached hydrogens (tertiary/aromatic N) is 2. The number of benzene rings is 1. The molecule has 0 bridgehead atoms. The highest BCUT2D eigenvalue weighted by molar-refractivity contribution is 5.93. The third kappa shape index (κ3) is 3.51. The maximum absolute atomic E-state index is 13.8. The molecule has 0 spiro atoms. The first-order valence-corrected chi connectivity index (χ1v) is 7.01. The number of halogens is 1. The zero-order valence-electron chi connectivity index (χ0n) is 12.0. The number of hydrogen-bond donors (Lipinski definition) is 1. The van der Waals surface area contributed by atoms with Crippen LogP contribution in [0, 0.1) is 5.82 Å². The molecule has 1 N–H and O–H groups in total. The first-order valence-electron chi connectivity index (χ1n) is 7.01. The van der Waals surface area contributed by atoms with Gasteiger partial charge in [-0.25, -0.2) is 9.18 Å². The van der Waals surface area contributed by atoms with Gasteiger partial charge in [-0.15, -0.1) is 0 Å². The molecule has 0 aromatic heterocycles. The van der Waals surface area contributed by atoms with Crippen LogP contribution in [0.1, 0.15) is 25.7 Å². The SMILES string of the molecule is CN(C(=O)N(CC(=O)O)C1CCCC1)c1ccccc1F. The molecule has 5 nitrogen and oxygen atoms in total. The molecule has 1 aromatic rings. The number of anilines is 1. The molecule has 0 atom stereocenters. The molecule has 0 unspecified atom stereocenters. The Balaban J connectivity index is 2.20. The highest BCUT2D eigenvalue weighted by Gasteiger charge is 2.31. The van der Waals surface area contributed by atoms with Crippen LogP contribution in [-0.4, -0.2) is 41.6 Å². The molecule has 2 amide bonds. The van der Waals surface area contributed by atoms with Gasteiger partial charge in [-0.05, 0) is 25.0 Å². The second-order valence-electron chi connectivity index (χ2n) is 5.25. The molecule has 0 saturated heterocycles. The monoisotopic (exact) mass is 294 g/mol. The van der Waals surface area contributed by atoms with Crippen LogP contribution in [0.5, 0.6) is 0 Å². The van der Waals surface area contributed by atoms with Crippen molar-refractivity contribution in [3.8, 4) is 0 Å². The molecule has 1 fully saturated rings. The van der Waals surface area contributed by atoms with Crippen LogP contribution in [0.15, 0.2) is 24.3 Å². The Labute approximate surface area is 123 Å². The van der Waals surface area contributed by atoms with E-state index in [1.54, 1.807) is 12.1 Å². The standard InChI is InChI=1S/C15H19FN2O3/c1-17(13-9-5-4-8-12(13)16)15(21)18(10-14(19)20)11-6-2-3-7-11/h4-5,8-9,11H,2-3,6-7,10H2,1H3,(H,19,20). The van der Waals surface area contributed by atoms with E-state index < -0.39 is 17.8 Å². The molecule has 1 aromatic carbocycles. The van der Waals surface area contributed by atoms with Crippen molar-refractivity contribution in [1.82, 2.24) is 4.90 Å². The second-order valence-corrected chi connectivity index (χ2v) is 5.25. The van der Waals surface area contributed by atoms with E-state index in [1.165, 1.54) is 29.0 Å². The number of carboxylic acids is 1. The van der Waals surface area contributed by atoms with Crippen LogP contribution in [0.2, 0.25) is 0 Å². The van der Waals surface area contributed by atoms with Crippen LogP contribution >= 0.6 is 0 Å². The molecular formula is C15H19FN2O3. The number of carbonyl (C=O) groups excluding carboxylic acids is 1. The maximum Gasteiger partial charge on any atom is 0.325 e. The summed E-state index contributed by atoms with van der Waals surface area (Å²) in [5.74, 6) is -1.56. The lowest BCUT2D eigenvalue weighted by molar-refractivity contribution is -0.138. The van der Waals surface area contributed by atoms with Gasteiger partial charge in [-0.1, -0.05) is 25.0 Å². The van der Waals surface area contributed by atoms with Gasteiger partial charge in [0.25, 0.3) is 0 Å². The van der Waals surface area contributed by atoms with E-state index >= 15 is 0 Å². The predicted molar refractivity (Wildman–Crippen MR) is 76.8 cm³/mol. The number of amides is 2. The molecule has 0 heterocycles. The highest BCUT2D eigenvalue weighted by Crippen LogP contribution is 2.26. The van der Waals surface area contributed by atoms with E-state index in [0.717, 1.165) is 25.7 Å². The Morgan fingerprint density at radius 1 is 1.29 bits per heavy atom. The van der Waals surface area contributed by atoms with Crippen molar-refractivity contribution in [2.24, 2.45) is 0 Å². The average Bonchev–Trinajstić information content (AvgIpc) is 2.97. The molecule has 21 heavy (non-hydrogen) atoms. The number of urea groups is 1. The largest absolute Gasteiger partial charge is 0.480 e. The third-order valence-electron chi connectivity index (χ3n) is 3.82. The van der Waals surface area contributed by atoms with Gasteiger partial charge in [-0.2, -0.15) is 0 Å². The molecule has 1 aliphatic carbocycles. The van der Waals surface area contributed by atoms with E-state index in [-0.39, 0.29) is 18.3 Å². The Hall–Kier alpha value is -2.11. The molecule has 6 heteroatoms. The molecule has 0 radical (unpaired) electrons. The predicted octanol–water partition coefficient (Wildman–Crippen LogP) is 2.71. The number of aliphatic carboxylic acids is 1. The van der Waals surface area contributed by atoms with Gasteiger partial charge in [0.2, 0.25) is 0 Å². The number of carbonyl (C=O) groups is 2. The summed E-state index contributed by atoms with van der Waals surface area (Å²) in [7, 11) is 1.46. The topological polar surface area (TPSA) is 60.9 Å². The first-order chi connectivity index (χ1) is 10.0. The number of hydrogen-bond acceptors (Lipinski definition) is 2. The maximum atomic E-state index is 13.8. The summed E-state index contributed by atoms with van der Waals surface area (Å²) in [6, 6.07) is 5.40. The Morgan fingerprint density at radius 3 is 2.48 bits per heavy atom. The van der Waals surface area contributed by atoms with E-state index in [4.69, 9.17) is 5.11 Å². The normalized spacial score (nSPS) is 15.0. The van der Waals surface area contributed by atoms with Crippen molar-refractivity contribution in [3.05, 3.63) is 30.1 Å². The molecule has 1 aliphatic rings. The summed E-state index contributed by atoms with van der Waals surface area (Å²) in [4.78, 5) is 26.1. The van der Waals surface area contributed by atoms with E-state index in [2.05, 4.69) is 0 Å². The first kappa shape index (κ1) is 15.3. The van der Waals surface area contributed by atoms with Crippen LogP contribution in [-0.2, 0) is 4.79 Å². The molecule has 114 valence electrons. The third-order valence-corrected chi connectivity index (χ3v) is 3.82. The van der Waals surface area contributed by atoms with Gasteiger partial charge in [0.1, 0.15) is 12.4 Å². The van der Waals surface area contributed by atoms with Crippen molar-refractivity contribution in [3.63, 3.8) is 0 Å². The average molecular weight is 294 g/mol. The lowest BCUT2D eigenvalue weighted by Crippen LogP contribution is -2.48. The summed E-state index contributed by atoms with van der Waals surface area (Å²) in [5.41, 5.74) is 0.149. The van der Waals surface area contributed by atoms with E-state index in [1.807, 2.05) is 0 Å². The number of carboxylic acid groups (broad SMARTS) is 1. The Bertz CT molecular complexity index is 529. The van der Waals surface area contributed by atoms with E-state index in [9.17, 15) is 14.0 Å². The summed E-state index contributed by atoms with van der Waals surface area (Å²) >= 11 is 0. The fourth-order valence-electron chi connectivity index (χ4n) is 2.73. The summed E-state index contributed by atoms with van der Waals surface area (Å²) < 4.78 is 13.8. The molecule has 0 aliphatic heterocycles. The second kappa shape index (κ2) is 6.56. The van der Waals surface area contributed by atoms with Gasteiger partial charge in [0.15, 0.2) is 0 Å². The molecule has 1 saturated carbocycles. The van der Waals surface area contributed by atoms with Crippen LogP contribution in [0.25, 0.3) is 0 Å². The number of rotatable bonds is 4. The van der Waals surface area contributed by atoms with Crippen molar-refractivity contribution in [2.45, 2.75) is 31.7 Å². The summed E-state index contributed by atoms with van der Waals surface area (Å²) in [6.45, 7) is -0.359. The van der Waals surface area contributed by atoms with Gasteiger partial charge in [-0.3, -0.25) is 9.69 Å². The van der Waals surface area contributed by atoms with Gasteiger partial charge < -0.3 is 10.0 Å². The zero-order valence-corrected chi connectivity index (χ0v) is 12.0. The Kier molecular flexibility index (Phi) is 4.77. The summed E-state index contributed by atoms with van der Waals surface area (Å²) in [5, 5.41) is 9.01. The van der Waals surface area contributed by atoms with Gasteiger partial charge >= 0.3 is 12.0 Å². The molecular weight excluding hydrogens is 275 g/mol. The van der Waals surface area contributed by atoms with Crippen molar-refractivity contribution < 1.29 is 19.1 Å². The van der Waals surface area contributed by atoms with Gasteiger partial charge in [0, 0.05) is 13.1 Å². The minimum atomic E-state index is -1.06. The van der Waals surface area contributed by atoms with Crippen LogP contribution in [0.3, 0.4) is 0 Å². The van der Waals surface area contributed by atoms with Gasteiger partial charge in [0.05, 0.1) is 5.69 Å².